The lowest BCUT2D eigenvalue weighted by Crippen LogP contribution is -2.22. The first-order valence-corrected chi connectivity index (χ1v) is 4.15. The molecule has 0 amide bonds. The fraction of sp³-hybridized carbons (Fsp3) is 0.333. The van der Waals surface area contributed by atoms with E-state index >= 15 is 0 Å². The van der Waals surface area contributed by atoms with Crippen molar-refractivity contribution in [2.45, 2.75) is 18.5 Å². The van der Waals surface area contributed by atoms with Gasteiger partial charge in [-0.3, -0.25) is 0 Å². The quantitative estimate of drug-likeness (QED) is 0.768. The van der Waals surface area contributed by atoms with E-state index in [0.717, 1.165) is 0 Å². The Morgan fingerprint density at radius 3 is 1.94 bits per heavy atom. The van der Waals surface area contributed by atoms with E-state index in [0.29, 0.717) is 18.2 Å². The largest absolute Gasteiger partial charge is 0.419 e. The van der Waals surface area contributed by atoms with Crippen molar-refractivity contribution in [3.8, 4) is 0 Å². The molecule has 0 aliphatic rings. The molecule has 0 saturated heterocycles. The monoisotopic (exact) mass is 262 g/mol. The van der Waals surface area contributed by atoms with Crippen molar-refractivity contribution in [2.24, 2.45) is 0 Å². The van der Waals surface area contributed by atoms with Crippen molar-refractivity contribution in [1.82, 2.24) is 0 Å². The Labute approximate surface area is 90.5 Å². The minimum absolute atomic E-state index is 0.294. The van der Waals surface area contributed by atoms with Crippen LogP contribution in [0.15, 0.2) is 18.2 Å². The van der Waals surface area contributed by atoms with Gasteiger partial charge in [0.25, 0.3) is 0 Å². The summed E-state index contributed by atoms with van der Waals surface area (Å²) in [6.45, 7) is 0. The first-order chi connectivity index (χ1) is 7.55. The van der Waals surface area contributed by atoms with Crippen LogP contribution >= 0.6 is 0 Å². The van der Waals surface area contributed by atoms with Gasteiger partial charge in [0.05, 0.1) is 5.56 Å². The summed E-state index contributed by atoms with van der Waals surface area (Å²) < 4.78 is 85.9. The molecule has 0 aliphatic heterocycles. The molecular formula is C9H5F7O. The Hall–Kier alpha value is -1.31. The number of aliphatic hydroxyl groups is 1. The molecule has 0 bridgehead atoms. The molecule has 1 nitrogen and oxygen atoms in total. The molecule has 0 aliphatic carbocycles. The second-order valence-corrected chi connectivity index (χ2v) is 3.15. The lowest BCUT2D eigenvalue weighted by atomic mass is 10.0. The van der Waals surface area contributed by atoms with Crippen LogP contribution in [0, 0.1) is 5.82 Å². The summed E-state index contributed by atoms with van der Waals surface area (Å²) in [4.78, 5) is 0. The number of alkyl halides is 6. The number of rotatable bonds is 1. The normalized spacial score (nSPS) is 14.8. The van der Waals surface area contributed by atoms with Gasteiger partial charge in [0.15, 0.2) is 6.10 Å². The molecular weight excluding hydrogens is 257 g/mol. The maximum atomic E-state index is 13.2. The van der Waals surface area contributed by atoms with Crippen LogP contribution < -0.4 is 0 Å². The number of halogens is 7. The number of benzene rings is 1. The van der Waals surface area contributed by atoms with Crippen LogP contribution in [0.1, 0.15) is 17.2 Å². The standard InChI is InChI=1S/C9H5F7O/c10-6-4(7(17)9(14,15)16)2-1-3-5(6)8(11,12)13/h1-3,7,17H/t7-/m1/s1. The van der Waals surface area contributed by atoms with E-state index < -0.39 is 35.4 Å². The van der Waals surface area contributed by atoms with Crippen molar-refractivity contribution in [3.63, 3.8) is 0 Å². The smallest absolute Gasteiger partial charge is 0.379 e. The third-order valence-corrected chi connectivity index (χ3v) is 1.94. The van der Waals surface area contributed by atoms with E-state index in [2.05, 4.69) is 0 Å². The second-order valence-electron chi connectivity index (χ2n) is 3.15. The van der Waals surface area contributed by atoms with E-state index in [4.69, 9.17) is 5.11 Å². The van der Waals surface area contributed by atoms with E-state index in [1.807, 2.05) is 0 Å². The fourth-order valence-electron chi connectivity index (χ4n) is 1.16. The summed E-state index contributed by atoms with van der Waals surface area (Å²) in [7, 11) is 0. The van der Waals surface area contributed by atoms with E-state index in [1.54, 1.807) is 0 Å². The minimum atomic E-state index is -5.23. The van der Waals surface area contributed by atoms with Crippen LogP contribution in [0.25, 0.3) is 0 Å². The highest BCUT2D eigenvalue weighted by Gasteiger charge is 2.43. The Kier molecular flexibility index (Phi) is 3.37. The third-order valence-electron chi connectivity index (χ3n) is 1.94. The topological polar surface area (TPSA) is 20.2 Å². The number of hydrogen-bond donors (Lipinski definition) is 1. The van der Waals surface area contributed by atoms with Crippen LogP contribution in [0.5, 0.6) is 0 Å². The molecule has 0 spiro atoms. The van der Waals surface area contributed by atoms with E-state index in [9.17, 15) is 30.7 Å². The average Bonchev–Trinajstić information content (AvgIpc) is 2.13. The molecule has 1 N–H and O–H groups in total. The van der Waals surface area contributed by atoms with Crippen LogP contribution in [0.4, 0.5) is 30.7 Å². The maximum Gasteiger partial charge on any atom is 0.419 e. The predicted molar refractivity (Wildman–Crippen MR) is 42.4 cm³/mol. The van der Waals surface area contributed by atoms with Gasteiger partial charge in [0.1, 0.15) is 5.82 Å². The first-order valence-electron chi connectivity index (χ1n) is 4.15. The van der Waals surface area contributed by atoms with Crippen molar-refractivity contribution in [3.05, 3.63) is 35.1 Å². The highest BCUT2D eigenvalue weighted by Crippen LogP contribution is 2.38. The molecule has 96 valence electrons. The maximum absolute atomic E-state index is 13.2. The van der Waals surface area contributed by atoms with Crippen LogP contribution in [0.3, 0.4) is 0 Å². The van der Waals surface area contributed by atoms with Crippen molar-refractivity contribution < 1.29 is 35.8 Å². The van der Waals surface area contributed by atoms with E-state index in [-0.39, 0.29) is 0 Å². The van der Waals surface area contributed by atoms with Crippen LogP contribution in [0.2, 0.25) is 0 Å². The van der Waals surface area contributed by atoms with Crippen molar-refractivity contribution in [2.75, 3.05) is 0 Å². The van der Waals surface area contributed by atoms with Crippen LogP contribution in [-0.2, 0) is 6.18 Å². The van der Waals surface area contributed by atoms with Gasteiger partial charge >= 0.3 is 12.4 Å². The lowest BCUT2D eigenvalue weighted by Gasteiger charge is -2.17. The summed E-state index contributed by atoms with van der Waals surface area (Å²) in [5.41, 5.74) is -3.30. The molecule has 0 aromatic heterocycles. The molecule has 1 aromatic carbocycles. The van der Waals surface area contributed by atoms with Gasteiger partial charge in [-0.2, -0.15) is 26.3 Å². The molecule has 0 fully saturated rings. The van der Waals surface area contributed by atoms with Gasteiger partial charge in [-0.25, -0.2) is 4.39 Å². The van der Waals surface area contributed by atoms with Gasteiger partial charge < -0.3 is 5.11 Å². The zero-order chi connectivity index (χ0) is 13.4. The van der Waals surface area contributed by atoms with Gasteiger partial charge in [0.2, 0.25) is 0 Å². The highest BCUT2D eigenvalue weighted by atomic mass is 19.4. The van der Waals surface area contributed by atoms with E-state index in [1.165, 1.54) is 0 Å². The summed E-state index contributed by atoms with van der Waals surface area (Å²) in [6, 6.07) is 1.33. The van der Waals surface area contributed by atoms with Gasteiger partial charge in [-0.15, -0.1) is 0 Å². The molecule has 1 rings (SSSR count). The molecule has 0 heterocycles. The van der Waals surface area contributed by atoms with Gasteiger partial charge in [0, 0.05) is 5.56 Å². The average molecular weight is 262 g/mol. The highest BCUT2D eigenvalue weighted by molar-refractivity contribution is 5.30. The summed E-state index contributed by atoms with van der Waals surface area (Å²) in [5.74, 6) is -2.12. The molecule has 0 unspecified atom stereocenters. The minimum Gasteiger partial charge on any atom is -0.379 e. The zero-order valence-electron chi connectivity index (χ0n) is 7.90. The summed E-state index contributed by atoms with van der Waals surface area (Å²) in [5, 5.41) is 8.70. The molecule has 0 saturated carbocycles. The third kappa shape index (κ3) is 2.87. The Bertz CT molecular complexity index is 407. The van der Waals surface area contributed by atoms with Gasteiger partial charge in [-0.1, -0.05) is 12.1 Å². The van der Waals surface area contributed by atoms with Gasteiger partial charge in [-0.05, 0) is 6.07 Å². The molecule has 1 atom stereocenters. The Morgan fingerprint density at radius 2 is 1.53 bits per heavy atom. The van der Waals surface area contributed by atoms with Crippen LogP contribution in [-0.4, -0.2) is 11.3 Å². The Balaban J connectivity index is 3.30. The summed E-state index contributed by atoms with van der Waals surface area (Å²) in [6.07, 6.45) is -13.6. The lowest BCUT2D eigenvalue weighted by molar-refractivity contribution is -0.208. The molecule has 1 aromatic rings. The summed E-state index contributed by atoms with van der Waals surface area (Å²) >= 11 is 0. The zero-order valence-corrected chi connectivity index (χ0v) is 7.90. The second kappa shape index (κ2) is 4.17. The Morgan fingerprint density at radius 1 is 1.00 bits per heavy atom. The predicted octanol–water partition coefficient (Wildman–Crippen LogP) is 3.44. The molecule has 0 radical (unpaired) electrons. The van der Waals surface area contributed by atoms with Crippen molar-refractivity contribution in [1.29, 1.82) is 0 Å². The first kappa shape index (κ1) is 13.8. The molecule has 17 heavy (non-hydrogen) atoms. The SMILES string of the molecule is O[C@H](c1cccc(C(F)(F)F)c1F)C(F)(F)F. The molecule has 8 heteroatoms. The number of aliphatic hydroxyl groups excluding tert-OH is 1. The fourth-order valence-corrected chi connectivity index (χ4v) is 1.16. The number of hydrogen-bond acceptors (Lipinski definition) is 1. The van der Waals surface area contributed by atoms with Crippen molar-refractivity contribution >= 4 is 0 Å².